The molecular formula is C20H35BrS. The van der Waals surface area contributed by atoms with E-state index in [0.717, 1.165) is 5.92 Å². The van der Waals surface area contributed by atoms with Crippen LogP contribution in [-0.2, 0) is 6.42 Å². The van der Waals surface area contributed by atoms with Crippen molar-refractivity contribution in [2.45, 2.75) is 97.3 Å². The fourth-order valence-corrected chi connectivity index (χ4v) is 4.47. The monoisotopic (exact) mass is 386 g/mol. The van der Waals surface area contributed by atoms with Crippen LogP contribution < -0.4 is 0 Å². The summed E-state index contributed by atoms with van der Waals surface area (Å²) in [6.07, 6.45) is 18.3. The zero-order valence-electron chi connectivity index (χ0n) is 14.7. The number of rotatable bonds is 14. The molecule has 1 aromatic rings. The van der Waals surface area contributed by atoms with Crippen LogP contribution in [0.1, 0.15) is 96.5 Å². The quantitative estimate of drug-likeness (QED) is 0.281. The molecule has 0 aliphatic heterocycles. The summed E-state index contributed by atoms with van der Waals surface area (Å²) in [4.78, 5) is 0. The summed E-state index contributed by atoms with van der Waals surface area (Å²) >= 11 is 5.55. The molecule has 0 unspecified atom stereocenters. The molecule has 22 heavy (non-hydrogen) atoms. The first kappa shape index (κ1) is 20.2. The number of unbranched alkanes of at least 4 members (excludes halogenated alkanes) is 8. The lowest BCUT2D eigenvalue weighted by molar-refractivity contribution is 0.402. The van der Waals surface area contributed by atoms with Gasteiger partial charge in [0.05, 0.1) is 3.79 Å². The first-order valence-corrected chi connectivity index (χ1v) is 11.2. The Hall–Kier alpha value is 0.180. The Morgan fingerprint density at radius 3 is 1.95 bits per heavy atom. The molecule has 0 spiro atoms. The summed E-state index contributed by atoms with van der Waals surface area (Å²) in [6, 6.07) is 2.31. The second-order valence-corrected chi connectivity index (χ2v) is 8.93. The Kier molecular flexibility index (Phi) is 12.5. The summed E-state index contributed by atoms with van der Waals surface area (Å²) in [6.45, 7) is 4.60. The fraction of sp³-hybridized carbons (Fsp3) is 0.800. The Labute approximate surface area is 151 Å². The van der Waals surface area contributed by atoms with E-state index < -0.39 is 0 Å². The van der Waals surface area contributed by atoms with Gasteiger partial charge in [0.2, 0.25) is 0 Å². The average Bonchev–Trinajstić information content (AvgIpc) is 2.92. The lowest BCUT2D eigenvalue weighted by Gasteiger charge is -2.17. The van der Waals surface area contributed by atoms with Crippen molar-refractivity contribution in [1.29, 1.82) is 0 Å². The molecule has 0 aliphatic rings. The van der Waals surface area contributed by atoms with Crippen molar-refractivity contribution in [3.8, 4) is 0 Å². The Morgan fingerprint density at radius 2 is 1.41 bits per heavy atom. The maximum atomic E-state index is 3.72. The van der Waals surface area contributed by atoms with Gasteiger partial charge < -0.3 is 0 Å². The molecule has 1 rings (SSSR count). The summed E-state index contributed by atoms with van der Waals surface area (Å²) in [5.74, 6) is 0.897. The first-order valence-electron chi connectivity index (χ1n) is 9.49. The Bertz CT molecular complexity index is 358. The minimum atomic E-state index is 0.897. The van der Waals surface area contributed by atoms with E-state index in [-0.39, 0.29) is 0 Å². The van der Waals surface area contributed by atoms with Crippen LogP contribution in [0.5, 0.6) is 0 Å². The van der Waals surface area contributed by atoms with E-state index >= 15 is 0 Å². The van der Waals surface area contributed by atoms with Gasteiger partial charge in [-0.15, -0.1) is 11.3 Å². The van der Waals surface area contributed by atoms with Crippen molar-refractivity contribution in [3.63, 3.8) is 0 Å². The maximum Gasteiger partial charge on any atom is 0.0730 e. The van der Waals surface area contributed by atoms with Crippen LogP contribution in [0.3, 0.4) is 0 Å². The predicted molar refractivity (Wildman–Crippen MR) is 106 cm³/mol. The highest BCUT2D eigenvalue weighted by molar-refractivity contribution is 9.11. The minimum Gasteiger partial charge on any atom is -0.137 e. The van der Waals surface area contributed by atoms with Crippen LogP contribution in [0.25, 0.3) is 0 Å². The van der Waals surface area contributed by atoms with E-state index in [0.29, 0.717) is 0 Å². The zero-order valence-corrected chi connectivity index (χ0v) is 17.1. The molecule has 0 aliphatic carbocycles. The fourth-order valence-electron chi connectivity index (χ4n) is 3.20. The third kappa shape index (κ3) is 9.35. The van der Waals surface area contributed by atoms with Crippen molar-refractivity contribution in [3.05, 3.63) is 20.8 Å². The summed E-state index contributed by atoms with van der Waals surface area (Å²) in [7, 11) is 0. The molecule has 1 atom stereocenters. The molecule has 0 saturated heterocycles. The van der Waals surface area contributed by atoms with Crippen LogP contribution in [0.15, 0.2) is 15.2 Å². The topological polar surface area (TPSA) is 0 Å². The molecule has 128 valence electrons. The third-order valence-electron chi connectivity index (χ3n) is 4.63. The molecule has 0 bridgehead atoms. The van der Waals surface area contributed by atoms with E-state index in [9.17, 15) is 0 Å². The van der Waals surface area contributed by atoms with Crippen molar-refractivity contribution in [2.75, 3.05) is 0 Å². The Morgan fingerprint density at radius 1 is 0.864 bits per heavy atom. The van der Waals surface area contributed by atoms with Gasteiger partial charge in [0.15, 0.2) is 0 Å². The number of thiophene rings is 1. The summed E-state index contributed by atoms with van der Waals surface area (Å²) in [5.41, 5.74) is 1.54. The summed E-state index contributed by atoms with van der Waals surface area (Å²) < 4.78 is 1.36. The highest BCUT2D eigenvalue weighted by Gasteiger charge is 2.12. The maximum absolute atomic E-state index is 3.72. The molecule has 0 fully saturated rings. The van der Waals surface area contributed by atoms with E-state index in [1.807, 2.05) is 11.3 Å². The largest absolute Gasteiger partial charge is 0.137 e. The molecule has 0 radical (unpaired) electrons. The van der Waals surface area contributed by atoms with Gasteiger partial charge in [-0.25, -0.2) is 0 Å². The normalized spacial score (nSPS) is 12.7. The smallest absolute Gasteiger partial charge is 0.0730 e. The average molecular weight is 387 g/mol. The van der Waals surface area contributed by atoms with Gasteiger partial charge in [-0.2, -0.15) is 0 Å². The van der Waals surface area contributed by atoms with Gasteiger partial charge in [0.25, 0.3) is 0 Å². The predicted octanol–water partition coefficient (Wildman–Crippen LogP) is 8.39. The van der Waals surface area contributed by atoms with Crippen molar-refractivity contribution < 1.29 is 0 Å². The van der Waals surface area contributed by atoms with Gasteiger partial charge in [-0.1, -0.05) is 90.9 Å². The van der Waals surface area contributed by atoms with Crippen molar-refractivity contribution in [1.82, 2.24) is 0 Å². The molecule has 0 aromatic carbocycles. The summed E-state index contributed by atoms with van der Waals surface area (Å²) in [5, 5.41) is 2.22. The molecule has 0 N–H and O–H groups in total. The molecule has 1 aromatic heterocycles. The molecule has 2 heteroatoms. The van der Waals surface area contributed by atoms with Gasteiger partial charge in [0, 0.05) is 0 Å². The van der Waals surface area contributed by atoms with Crippen LogP contribution >= 0.6 is 27.3 Å². The molecule has 1 heterocycles. The van der Waals surface area contributed by atoms with Crippen molar-refractivity contribution in [2.24, 2.45) is 5.92 Å². The van der Waals surface area contributed by atoms with Crippen molar-refractivity contribution >= 4 is 27.3 Å². The van der Waals surface area contributed by atoms with Crippen LogP contribution in [0, 0.1) is 5.92 Å². The Balaban J connectivity index is 2.29. The SMILES string of the molecule is CCCCCCCC[C@H](CCCCCC)Cc1ccsc1Br. The highest BCUT2D eigenvalue weighted by atomic mass is 79.9. The molecule has 0 amide bonds. The minimum absolute atomic E-state index is 0.897. The second kappa shape index (κ2) is 13.6. The third-order valence-corrected chi connectivity index (χ3v) is 6.44. The number of halogens is 1. The highest BCUT2D eigenvalue weighted by Crippen LogP contribution is 2.29. The first-order chi connectivity index (χ1) is 10.8. The van der Waals surface area contributed by atoms with Gasteiger partial charge in [0.1, 0.15) is 0 Å². The molecule has 0 saturated carbocycles. The van der Waals surface area contributed by atoms with Crippen LogP contribution in [0.4, 0.5) is 0 Å². The lowest BCUT2D eigenvalue weighted by Crippen LogP contribution is -2.05. The number of hydrogen-bond acceptors (Lipinski definition) is 1. The van der Waals surface area contributed by atoms with Crippen LogP contribution in [0.2, 0.25) is 0 Å². The second-order valence-electron chi connectivity index (χ2n) is 6.70. The number of hydrogen-bond donors (Lipinski definition) is 0. The van der Waals surface area contributed by atoms with E-state index in [1.165, 1.54) is 92.8 Å². The lowest BCUT2D eigenvalue weighted by atomic mass is 9.89. The molecular weight excluding hydrogens is 352 g/mol. The standard InChI is InChI=1S/C20H35BrS/c1-3-5-7-9-10-12-14-18(13-11-8-6-4-2)17-19-15-16-22-20(19)21/h15-16,18H,3-14,17H2,1-2H3/t18-/m0/s1. The van der Waals surface area contributed by atoms with Gasteiger partial charge >= 0.3 is 0 Å². The van der Waals surface area contributed by atoms with E-state index in [2.05, 4.69) is 41.2 Å². The van der Waals surface area contributed by atoms with E-state index in [1.54, 1.807) is 0 Å². The van der Waals surface area contributed by atoms with Gasteiger partial charge in [-0.05, 0) is 45.3 Å². The zero-order chi connectivity index (χ0) is 16.0. The molecule has 0 nitrogen and oxygen atoms in total. The van der Waals surface area contributed by atoms with Gasteiger partial charge in [-0.3, -0.25) is 0 Å². The van der Waals surface area contributed by atoms with E-state index in [4.69, 9.17) is 0 Å². The van der Waals surface area contributed by atoms with Crippen LogP contribution in [-0.4, -0.2) is 0 Å².